The van der Waals surface area contributed by atoms with E-state index < -0.39 is 0 Å². The van der Waals surface area contributed by atoms with Crippen LogP contribution in [0.1, 0.15) is 29.2 Å². The minimum Gasteiger partial charge on any atom is -0.507 e. The molecule has 0 bridgehead atoms. The Morgan fingerprint density at radius 2 is 2.00 bits per heavy atom. The summed E-state index contributed by atoms with van der Waals surface area (Å²) in [5.74, 6) is 0.247. The summed E-state index contributed by atoms with van der Waals surface area (Å²) in [4.78, 5) is 0. The van der Waals surface area contributed by atoms with Crippen molar-refractivity contribution in [3.05, 3.63) is 28.8 Å². The van der Waals surface area contributed by atoms with E-state index in [0.717, 1.165) is 16.7 Å². The van der Waals surface area contributed by atoms with Gasteiger partial charge in [-0.3, -0.25) is 0 Å². The van der Waals surface area contributed by atoms with E-state index in [1.165, 1.54) is 0 Å². The molecule has 0 aliphatic rings. The van der Waals surface area contributed by atoms with Gasteiger partial charge < -0.3 is 15.9 Å². The normalized spacial score (nSPS) is 12.9. The second-order valence-electron chi connectivity index (χ2n) is 3.64. The molecule has 78 valence electrons. The van der Waals surface area contributed by atoms with E-state index >= 15 is 0 Å². The van der Waals surface area contributed by atoms with Crippen molar-refractivity contribution in [2.75, 3.05) is 6.61 Å². The number of hydrogen-bond donors (Lipinski definition) is 3. The molecule has 1 atom stereocenters. The van der Waals surface area contributed by atoms with Gasteiger partial charge in [0, 0.05) is 18.2 Å². The van der Waals surface area contributed by atoms with Crippen LogP contribution in [0.15, 0.2) is 12.1 Å². The van der Waals surface area contributed by atoms with E-state index in [0.29, 0.717) is 6.42 Å². The van der Waals surface area contributed by atoms with Crippen molar-refractivity contribution in [3.63, 3.8) is 0 Å². The van der Waals surface area contributed by atoms with Gasteiger partial charge in [-0.05, 0) is 25.8 Å². The Hall–Kier alpha value is -1.06. The van der Waals surface area contributed by atoms with Crippen molar-refractivity contribution in [1.82, 2.24) is 0 Å². The van der Waals surface area contributed by atoms with Crippen molar-refractivity contribution in [2.45, 2.75) is 26.3 Å². The first-order chi connectivity index (χ1) is 6.56. The molecule has 1 aromatic carbocycles. The second-order valence-corrected chi connectivity index (χ2v) is 3.64. The van der Waals surface area contributed by atoms with Crippen LogP contribution in [0.3, 0.4) is 0 Å². The molecule has 0 amide bonds. The number of phenolic OH excluding ortho intramolecular Hbond substituents is 1. The Balaban J connectivity index is 3.07. The molecule has 0 saturated carbocycles. The van der Waals surface area contributed by atoms with Crippen molar-refractivity contribution in [1.29, 1.82) is 0 Å². The maximum atomic E-state index is 9.76. The first-order valence-corrected chi connectivity index (χ1v) is 4.72. The minimum absolute atomic E-state index is 0.0353. The third-order valence-electron chi connectivity index (χ3n) is 2.31. The molecule has 0 aromatic heterocycles. The number of aliphatic hydroxyl groups excluding tert-OH is 1. The van der Waals surface area contributed by atoms with Crippen LogP contribution >= 0.6 is 0 Å². The number of aryl methyl sites for hydroxylation is 2. The number of aliphatic hydroxyl groups is 1. The molecule has 3 heteroatoms. The van der Waals surface area contributed by atoms with Crippen molar-refractivity contribution < 1.29 is 10.2 Å². The van der Waals surface area contributed by atoms with Gasteiger partial charge in [0.2, 0.25) is 0 Å². The van der Waals surface area contributed by atoms with Gasteiger partial charge in [0.25, 0.3) is 0 Å². The molecule has 4 N–H and O–H groups in total. The van der Waals surface area contributed by atoms with Crippen LogP contribution in [-0.4, -0.2) is 16.8 Å². The molecule has 0 saturated heterocycles. The summed E-state index contributed by atoms with van der Waals surface area (Å²) in [5.41, 5.74) is 8.44. The zero-order valence-electron chi connectivity index (χ0n) is 8.62. The number of nitrogens with two attached hydrogens (primary N) is 1. The molecule has 0 radical (unpaired) electrons. The number of aromatic hydroxyl groups is 1. The molecule has 3 nitrogen and oxygen atoms in total. The third-order valence-corrected chi connectivity index (χ3v) is 2.31. The summed E-state index contributed by atoms with van der Waals surface area (Å²) in [6, 6.07) is 3.48. The quantitative estimate of drug-likeness (QED) is 0.682. The highest BCUT2D eigenvalue weighted by Crippen LogP contribution is 2.29. The second kappa shape index (κ2) is 4.44. The van der Waals surface area contributed by atoms with Crippen LogP contribution in [0, 0.1) is 13.8 Å². The number of rotatable bonds is 3. The third kappa shape index (κ3) is 2.25. The Morgan fingerprint density at radius 3 is 2.57 bits per heavy atom. The van der Waals surface area contributed by atoms with Gasteiger partial charge in [-0.1, -0.05) is 17.7 Å². The fourth-order valence-electron chi connectivity index (χ4n) is 1.57. The highest BCUT2D eigenvalue weighted by molar-refractivity contribution is 5.44. The SMILES string of the molecule is Cc1cc(C)c(O)c([C@H](N)CCO)c1. The maximum absolute atomic E-state index is 9.76. The molecule has 0 fully saturated rings. The summed E-state index contributed by atoms with van der Waals surface area (Å²) in [5, 5.41) is 18.5. The van der Waals surface area contributed by atoms with Gasteiger partial charge in [0.1, 0.15) is 5.75 Å². The standard InChI is InChI=1S/C11H17NO2/c1-7-5-8(2)11(14)9(6-7)10(12)3-4-13/h5-6,10,13-14H,3-4,12H2,1-2H3/t10-/m1/s1. The van der Waals surface area contributed by atoms with E-state index in [9.17, 15) is 5.11 Å². The van der Waals surface area contributed by atoms with E-state index in [-0.39, 0.29) is 18.4 Å². The summed E-state index contributed by atoms with van der Waals surface area (Å²) in [6.45, 7) is 3.84. The van der Waals surface area contributed by atoms with Crippen LogP contribution in [0.2, 0.25) is 0 Å². The lowest BCUT2D eigenvalue weighted by molar-refractivity contribution is 0.275. The van der Waals surface area contributed by atoms with Crippen LogP contribution < -0.4 is 5.73 Å². The zero-order valence-corrected chi connectivity index (χ0v) is 8.62. The molecule has 14 heavy (non-hydrogen) atoms. The molecule has 0 spiro atoms. The van der Waals surface area contributed by atoms with Crippen LogP contribution in [0.5, 0.6) is 5.75 Å². The highest BCUT2D eigenvalue weighted by atomic mass is 16.3. The van der Waals surface area contributed by atoms with Gasteiger partial charge in [-0.2, -0.15) is 0 Å². The van der Waals surface area contributed by atoms with Crippen molar-refractivity contribution in [2.24, 2.45) is 5.73 Å². The van der Waals surface area contributed by atoms with Crippen LogP contribution in [-0.2, 0) is 0 Å². The molecular weight excluding hydrogens is 178 g/mol. The predicted octanol–water partition coefficient (Wildman–Crippen LogP) is 1.39. The van der Waals surface area contributed by atoms with Crippen LogP contribution in [0.4, 0.5) is 0 Å². The van der Waals surface area contributed by atoms with Gasteiger partial charge >= 0.3 is 0 Å². The number of hydrogen-bond acceptors (Lipinski definition) is 3. The van der Waals surface area contributed by atoms with Crippen molar-refractivity contribution >= 4 is 0 Å². The maximum Gasteiger partial charge on any atom is 0.123 e. The zero-order chi connectivity index (χ0) is 10.7. The topological polar surface area (TPSA) is 66.5 Å². The van der Waals surface area contributed by atoms with Gasteiger partial charge in [0.15, 0.2) is 0 Å². The molecule has 0 aliphatic carbocycles. The molecule has 1 aromatic rings. The molecule has 1 rings (SSSR count). The van der Waals surface area contributed by atoms with Crippen molar-refractivity contribution in [3.8, 4) is 5.75 Å². The number of benzene rings is 1. The number of phenols is 1. The Morgan fingerprint density at radius 1 is 1.36 bits per heavy atom. The Bertz CT molecular complexity index is 323. The summed E-state index contributed by atoms with van der Waals surface area (Å²) >= 11 is 0. The Kier molecular flexibility index (Phi) is 3.49. The largest absolute Gasteiger partial charge is 0.507 e. The summed E-state index contributed by atoms with van der Waals surface area (Å²) in [7, 11) is 0. The van der Waals surface area contributed by atoms with Gasteiger partial charge in [0.05, 0.1) is 0 Å². The molecular formula is C11H17NO2. The summed E-state index contributed by atoms with van der Waals surface area (Å²) < 4.78 is 0. The fourth-order valence-corrected chi connectivity index (χ4v) is 1.57. The lowest BCUT2D eigenvalue weighted by Crippen LogP contribution is -2.12. The fraction of sp³-hybridized carbons (Fsp3) is 0.455. The van der Waals surface area contributed by atoms with E-state index in [2.05, 4.69) is 0 Å². The molecule has 0 heterocycles. The smallest absolute Gasteiger partial charge is 0.123 e. The molecule has 0 aliphatic heterocycles. The first-order valence-electron chi connectivity index (χ1n) is 4.72. The predicted molar refractivity (Wildman–Crippen MR) is 56.2 cm³/mol. The van der Waals surface area contributed by atoms with E-state index in [4.69, 9.17) is 10.8 Å². The Labute approximate surface area is 84.2 Å². The lowest BCUT2D eigenvalue weighted by Gasteiger charge is -2.14. The monoisotopic (exact) mass is 195 g/mol. The van der Waals surface area contributed by atoms with E-state index in [1.54, 1.807) is 0 Å². The van der Waals surface area contributed by atoms with Gasteiger partial charge in [-0.25, -0.2) is 0 Å². The molecule has 0 unspecified atom stereocenters. The minimum atomic E-state index is -0.293. The lowest BCUT2D eigenvalue weighted by atomic mass is 9.98. The first kappa shape index (κ1) is 11.0. The summed E-state index contributed by atoms with van der Waals surface area (Å²) in [6.07, 6.45) is 0.469. The average Bonchev–Trinajstić information content (AvgIpc) is 2.11. The van der Waals surface area contributed by atoms with E-state index in [1.807, 2.05) is 26.0 Å². The average molecular weight is 195 g/mol. The highest BCUT2D eigenvalue weighted by Gasteiger charge is 2.12. The van der Waals surface area contributed by atoms with Crippen LogP contribution in [0.25, 0.3) is 0 Å². The van der Waals surface area contributed by atoms with Gasteiger partial charge in [-0.15, -0.1) is 0 Å².